The molecular weight excluding hydrogens is 388 g/mol. The van der Waals surface area contributed by atoms with Crippen molar-refractivity contribution in [3.05, 3.63) is 82.7 Å². The molecule has 2 heterocycles. The van der Waals surface area contributed by atoms with Crippen LogP contribution in [0, 0.1) is 6.92 Å². The molecule has 29 heavy (non-hydrogen) atoms. The van der Waals surface area contributed by atoms with Crippen LogP contribution in [0.15, 0.2) is 55.2 Å². The molecule has 150 valence electrons. The first-order valence-electron chi connectivity index (χ1n) is 9.12. The van der Waals surface area contributed by atoms with Gasteiger partial charge in [0.2, 0.25) is 5.91 Å². The van der Waals surface area contributed by atoms with E-state index in [1.807, 2.05) is 54.9 Å². The number of ether oxygens (including phenoxy) is 1. The second-order valence-corrected chi connectivity index (χ2v) is 7.14. The van der Waals surface area contributed by atoms with E-state index in [0.717, 1.165) is 28.0 Å². The summed E-state index contributed by atoms with van der Waals surface area (Å²) in [5, 5.41) is 3.69. The first kappa shape index (κ1) is 20.8. The van der Waals surface area contributed by atoms with E-state index in [4.69, 9.17) is 16.3 Å². The van der Waals surface area contributed by atoms with Crippen LogP contribution in [-0.2, 0) is 16.6 Å². The van der Waals surface area contributed by atoms with Crippen LogP contribution in [0.4, 0.5) is 0 Å². The van der Waals surface area contributed by atoms with Crippen LogP contribution in [0.25, 0.3) is 11.6 Å². The zero-order valence-corrected chi connectivity index (χ0v) is 17.3. The fourth-order valence-corrected chi connectivity index (χ4v) is 3.33. The zero-order chi connectivity index (χ0) is 20.8. The van der Waals surface area contributed by atoms with Gasteiger partial charge in [0.25, 0.3) is 0 Å². The Morgan fingerprint density at radius 2 is 2.14 bits per heavy atom. The Bertz CT molecular complexity index is 1010. The number of aromatic nitrogens is 3. The number of hydrogen-bond donors (Lipinski definition) is 1. The third kappa shape index (κ3) is 5.10. The van der Waals surface area contributed by atoms with Crippen molar-refractivity contribution in [1.29, 1.82) is 0 Å². The average Bonchev–Trinajstić information content (AvgIpc) is 3.13. The quantitative estimate of drug-likeness (QED) is 0.642. The number of aryl methyl sites for hydroxylation is 2. The Balaban J connectivity index is 2.20. The van der Waals surface area contributed by atoms with Gasteiger partial charge in [0.05, 0.1) is 24.3 Å². The molecule has 0 bridgehead atoms. The maximum atomic E-state index is 12.5. The fourth-order valence-electron chi connectivity index (χ4n) is 3.15. The highest BCUT2D eigenvalue weighted by Crippen LogP contribution is 2.35. The number of nitrogens with zero attached hydrogens (tertiary/aromatic N) is 3. The van der Waals surface area contributed by atoms with Crippen molar-refractivity contribution in [1.82, 2.24) is 19.9 Å². The number of benzene rings is 1. The predicted octanol–water partition coefficient (Wildman–Crippen LogP) is 3.82. The van der Waals surface area contributed by atoms with Gasteiger partial charge in [0, 0.05) is 31.6 Å². The smallest absolute Gasteiger partial charge is 0.246 e. The monoisotopic (exact) mass is 410 g/mol. The van der Waals surface area contributed by atoms with Gasteiger partial charge in [-0.3, -0.25) is 9.78 Å². The summed E-state index contributed by atoms with van der Waals surface area (Å²) in [5.74, 6) is -0.226. The highest BCUT2D eigenvalue weighted by Gasteiger charge is 2.24. The van der Waals surface area contributed by atoms with Crippen LogP contribution >= 0.6 is 11.6 Å². The normalized spacial score (nSPS) is 12.6. The van der Waals surface area contributed by atoms with Crippen molar-refractivity contribution in [3.63, 3.8) is 0 Å². The first-order valence-corrected chi connectivity index (χ1v) is 9.50. The summed E-state index contributed by atoms with van der Waals surface area (Å²) in [7, 11) is 3.39. The molecule has 0 saturated carbocycles. The number of imidazole rings is 1. The van der Waals surface area contributed by atoms with Gasteiger partial charge in [-0.25, -0.2) is 4.98 Å². The summed E-state index contributed by atoms with van der Waals surface area (Å²) in [6.07, 6.45) is 8.96. The Hall–Kier alpha value is -2.96. The molecule has 1 aromatic carbocycles. The predicted molar refractivity (Wildman–Crippen MR) is 114 cm³/mol. The molecule has 0 aliphatic carbocycles. The van der Waals surface area contributed by atoms with Gasteiger partial charge in [-0.05, 0) is 53.5 Å². The van der Waals surface area contributed by atoms with Crippen LogP contribution in [0.3, 0.4) is 0 Å². The summed E-state index contributed by atoms with van der Waals surface area (Å²) in [4.78, 5) is 20.9. The number of halogens is 1. The zero-order valence-electron chi connectivity index (χ0n) is 16.6. The number of nitrogens with one attached hydrogen (secondary N) is 1. The van der Waals surface area contributed by atoms with E-state index in [-0.39, 0.29) is 12.5 Å². The van der Waals surface area contributed by atoms with E-state index in [9.17, 15) is 4.79 Å². The van der Waals surface area contributed by atoms with Gasteiger partial charge < -0.3 is 14.6 Å². The van der Waals surface area contributed by atoms with Crippen molar-refractivity contribution in [2.75, 3.05) is 13.7 Å². The molecule has 2 aromatic heterocycles. The van der Waals surface area contributed by atoms with Crippen LogP contribution in [0.1, 0.15) is 28.4 Å². The molecule has 7 heteroatoms. The maximum Gasteiger partial charge on any atom is 0.246 e. The maximum absolute atomic E-state index is 12.5. The van der Waals surface area contributed by atoms with E-state index >= 15 is 0 Å². The first-order chi connectivity index (χ1) is 14.0. The highest BCUT2D eigenvalue weighted by atomic mass is 35.5. The molecular formula is C22H23ClN4O2. The lowest BCUT2D eigenvalue weighted by atomic mass is 9.91. The summed E-state index contributed by atoms with van der Waals surface area (Å²) in [5.41, 5.74) is 4.60. The number of amides is 1. The van der Waals surface area contributed by atoms with Crippen LogP contribution < -0.4 is 5.32 Å². The SMILES string of the molecule is COCC(=O)N[C@H](/C(=C/c1cccnc1)c1cc(Cl)ccc1C)c1cncn1C. The molecule has 1 atom stereocenters. The van der Waals surface area contributed by atoms with Crippen molar-refractivity contribution in [2.24, 2.45) is 7.05 Å². The summed E-state index contributed by atoms with van der Waals surface area (Å²) in [6.45, 7) is 1.98. The lowest BCUT2D eigenvalue weighted by Gasteiger charge is -2.24. The van der Waals surface area contributed by atoms with Crippen molar-refractivity contribution >= 4 is 29.2 Å². The molecule has 6 nitrogen and oxygen atoms in total. The lowest BCUT2D eigenvalue weighted by molar-refractivity contribution is -0.125. The Morgan fingerprint density at radius 3 is 2.79 bits per heavy atom. The highest BCUT2D eigenvalue weighted by molar-refractivity contribution is 6.30. The summed E-state index contributed by atoms with van der Waals surface area (Å²) in [6, 6.07) is 9.10. The molecule has 0 aliphatic rings. The second kappa shape index (κ2) is 9.49. The number of pyridine rings is 1. The molecule has 0 saturated heterocycles. The standard InChI is InChI=1S/C22H23ClN4O2/c1-15-6-7-17(23)10-18(15)19(9-16-5-4-8-24-11-16)22(26-21(28)13-29-3)20-12-25-14-27(20)2/h4-12,14,22H,13H2,1-3H3,(H,26,28)/b19-9+/t22-/m1/s1. The van der Waals surface area contributed by atoms with Gasteiger partial charge in [-0.2, -0.15) is 0 Å². The summed E-state index contributed by atoms with van der Waals surface area (Å²) < 4.78 is 6.90. The number of rotatable bonds is 7. The van der Waals surface area contributed by atoms with Crippen molar-refractivity contribution in [2.45, 2.75) is 13.0 Å². The van der Waals surface area contributed by atoms with Crippen LogP contribution in [0.2, 0.25) is 5.02 Å². The Morgan fingerprint density at radius 1 is 1.31 bits per heavy atom. The largest absolute Gasteiger partial charge is 0.375 e. The van der Waals surface area contributed by atoms with E-state index < -0.39 is 6.04 Å². The van der Waals surface area contributed by atoms with Crippen LogP contribution in [-0.4, -0.2) is 34.2 Å². The second-order valence-electron chi connectivity index (χ2n) is 6.71. The third-order valence-corrected chi connectivity index (χ3v) is 4.79. The topological polar surface area (TPSA) is 69.0 Å². The molecule has 0 fully saturated rings. The van der Waals surface area contributed by atoms with E-state index in [2.05, 4.69) is 15.3 Å². The molecule has 1 N–H and O–H groups in total. The van der Waals surface area contributed by atoms with Gasteiger partial charge >= 0.3 is 0 Å². The Kier molecular flexibility index (Phi) is 6.80. The van der Waals surface area contributed by atoms with Crippen molar-refractivity contribution in [3.8, 4) is 0 Å². The van der Waals surface area contributed by atoms with Crippen LogP contribution in [0.5, 0.6) is 0 Å². The minimum absolute atomic E-state index is 0.0386. The van der Waals surface area contributed by atoms with Gasteiger partial charge in [0.1, 0.15) is 6.61 Å². The summed E-state index contributed by atoms with van der Waals surface area (Å²) >= 11 is 6.32. The minimum Gasteiger partial charge on any atom is -0.375 e. The molecule has 0 aliphatic heterocycles. The molecule has 0 spiro atoms. The third-order valence-electron chi connectivity index (χ3n) is 4.56. The molecule has 0 radical (unpaired) electrons. The van der Waals surface area contributed by atoms with Crippen molar-refractivity contribution < 1.29 is 9.53 Å². The van der Waals surface area contributed by atoms with E-state index in [0.29, 0.717) is 5.02 Å². The minimum atomic E-state index is -0.456. The molecule has 0 unspecified atom stereocenters. The fraction of sp³-hybridized carbons (Fsp3) is 0.227. The number of hydrogen-bond acceptors (Lipinski definition) is 4. The average molecular weight is 411 g/mol. The lowest BCUT2D eigenvalue weighted by Crippen LogP contribution is -2.33. The number of carbonyl (C=O) groups is 1. The molecule has 3 aromatic rings. The van der Waals surface area contributed by atoms with Gasteiger partial charge in [-0.15, -0.1) is 0 Å². The van der Waals surface area contributed by atoms with Gasteiger partial charge in [0.15, 0.2) is 0 Å². The Labute approximate surface area is 175 Å². The number of methoxy groups -OCH3 is 1. The van der Waals surface area contributed by atoms with E-state index in [1.54, 1.807) is 24.9 Å². The molecule has 1 amide bonds. The van der Waals surface area contributed by atoms with Gasteiger partial charge in [-0.1, -0.05) is 23.7 Å². The molecule has 3 rings (SSSR count). The van der Waals surface area contributed by atoms with E-state index in [1.165, 1.54) is 7.11 Å². The number of carbonyl (C=O) groups excluding carboxylic acids is 1.